The fourth-order valence-corrected chi connectivity index (χ4v) is 8.13. The number of aryl methyl sites for hydroxylation is 1. The minimum absolute atomic E-state index is 0.0287. The van der Waals surface area contributed by atoms with Gasteiger partial charge in [0, 0.05) is 69.1 Å². The Bertz CT molecular complexity index is 1680. The summed E-state index contributed by atoms with van der Waals surface area (Å²) in [6, 6.07) is 10.8. The molecule has 0 bridgehead atoms. The molecular formula is C36H44Cl2N4O7. The van der Waals surface area contributed by atoms with Gasteiger partial charge in [-0.3, -0.25) is 19.3 Å². The highest BCUT2D eigenvalue weighted by Gasteiger charge is 2.43. The Kier molecular flexibility index (Phi) is 11.2. The number of benzene rings is 2. The predicted molar refractivity (Wildman–Crippen MR) is 187 cm³/mol. The number of ether oxygens (including phenoxy) is 3. The number of hydrogen-bond donors (Lipinski definition) is 2. The van der Waals surface area contributed by atoms with Crippen LogP contribution in [0.5, 0.6) is 0 Å². The van der Waals surface area contributed by atoms with Crippen LogP contribution in [0, 0.1) is 5.92 Å². The van der Waals surface area contributed by atoms with Crippen molar-refractivity contribution in [3.8, 4) is 0 Å². The summed E-state index contributed by atoms with van der Waals surface area (Å²) in [5.74, 6) is -1.47. The van der Waals surface area contributed by atoms with Gasteiger partial charge < -0.3 is 34.1 Å². The number of halogens is 2. The van der Waals surface area contributed by atoms with Gasteiger partial charge in [0.05, 0.1) is 59.6 Å². The second-order valence-corrected chi connectivity index (χ2v) is 14.3. The van der Waals surface area contributed by atoms with Gasteiger partial charge in [-0.05, 0) is 55.9 Å². The van der Waals surface area contributed by atoms with Gasteiger partial charge >= 0.3 is 5.97 Å². The number of amides is 2. The van der Waals surface area contributed by atoms with Gasteiger partial charge in [-0.25, -0.2) is 0 Å². The lowest BCUT2D eigenvalue weighted by atomic mass is 9.87. The average molecular weight is 716 g/mol. The van der Waals surface area contributed by atoms with Crippen LogP contribution in [0.15, 0.2) is 42.6 Å². The summed E-state index contributed by atoms with van der Waals surface area (Å²) >= 11 is 13.4. The Morgan fingerprint density at radius 3 is 2.33 bits per heavy atom. The topological polar surface area (TPSA) is 123 Å². The van der Waals surface area contributed by atoms with E-state index in [-0.39, 0.29) is 59.6 Å². The Hall–Kier alpha value is -3.19. The van der Waals surface area contributed by atoms with Crippen LogP contribution >= 0.6 is 23.2 Å². The molecule has 1 unspecified atom stereocenters. The number of aliphatic carboxylic acids is 1. The zero-order chi connectivity index (χ0) is 34.8. The molecule has 2 amide bonds. The number of aromatic nitrogens is 1. The highest BCUT2D eigenvalue weighted by Crippen LogP contribution is 2.34. The number of anilines is 1. The standard InChI is InChI=1S/C36H44Cl2N4O7/c1-40-17-27(26-6-4-5-7-31(26)40)35(44)39-30-15-28(37)22(12-29(30)38)13-34(43)42-16-23(41-18-32(47-2)33(19-41)48-3)14-24(42)20-49-25-10-8-21(9-11-25)36(45)46/h4-7,12,15,17,21,23-25,32-33H,8-11,13-14,16,18-20H2,1-3H3,(H,39,44)(H,45,46)/t21?,23-,24-,25?,32+,33?/m0/s1. The zero-order valence-corrected chi connectivity index (χ0v) is 29.6. The number of nitrogens with zero attached hydrogens (tertiary/aromatic N) is 3. The molecule has 3 fully saturated rings. The molecule has 3 aliphatic rings. The van der Waals surface area contributed by atoms with Crippen LogP contribution < -0.4 is 5.32 Å². The van der Waals surface area contributed by atoms with Crippen LogP contribution in [-0.2, 0) is 37.3 Å². The van der Waals surface area contributed by atoms with Crippen molar-refractivity contribution >= 4 is 57.6 Å². The van der Waals surface area contributed by atoms with E-state index in [1.807, 2.05) is 40.8 Å². The summed E-state index contributed by atoms with van der Waals surface area (Å²) in [4.78, 5) is 42.9. The predicted octanol–water partition coefficient (Wildman–Crippen LogP) is 5.26. The van der Waals surface area contributed by atoms with E-state index in [2.05, 4.69) is 10.2 Å². The maximum absolute atomic E-state index is 14.0. The van der Waals surface area contributed by atoms with Crippen LogP contribution in [0.25, 0.3) is 10.9 Å². The lowest BCUT2D eigenvalue weighted by molar-refractivity contribution is -0.144. The minimum atomic E-state index is -0.748. The summed E-state index contributed by atoms with van der Waals surface area (Å²) < 4.78 is 19.6. The zero-order valence-electron chi connectivity index (χ0n) is 28.1. The number of methoxy groups -OCH3 is 2. The molecule has 3 aromatic rings. The molecule has 2 aliphatic heterocycles. The first-order chi connectivity index (χ1) is 23.6. The largest absolute Gasteiger partial charge is 0.481 e. The molecule has 1 saturated carbocycles. The number of para-hydroxylation sites is 1. The number of hydrogen-bond acceptors (Lipinski definition) is 7. The Morgan fingerprint density at radius 2 is 1.65 bits per heavy atom. The van der Waals surface area contributed by atoms with Crippen molar-refractivity contribution in [2.45, 2.75) is 68.9 Å². The Labute approximate surface area is 296 Å². The molecular weight excluding hydrogens is 671 g/mol. The fourth-order valence-electron chi connectivity index (χ4n) is 7.66. The smallest absolute Gasteiger partial charge is 0.306 e. The van der Waals surface area contributed by atoms with Gasteiger partial charge in [-0.1, -0.05) is 41.4 Å². The van der Waals surface area contributed by atoms with Crippen molar-refractivity contribution in [3.63, 3.8) is 0 Å². The van der Waals surface area contributed by atoms with Gasteiger partial charge in [0.2, 0.25) is 5.91 Å². The normalized spacial score (nSPS) is 26.0. The van der Waals surface area contributed by atoms with Gasteiger partial charge in [0.1, 0.15) is 0 Å². The molecule has 264 valence electrons. The summed E-state index contributed by atoms with van der Waals surface area (Å²) in [5, 5.41) is 13.7. The number of nitrogens with one attached hydrogen (secondary N) is 1. The van der Waals surface area contributed by atoms with Crippen molar-refractivity contribution in [3.05, 3.63) is 63.8 Å². The number of carbonyl (C=O) groups is 3. The van der Waals surface area contributed by atoms with Gasteiger partial charge in [0.15, 0.2) is 0 Å². The molecule has 1 aliphatic carbocycles. The minimum Gasteiger partial charge on any atom is -0.481 e. The number of fused-ring (bicyclic) bond motifs is 1. The second kappa shape index (κ2) is 15.4. The average Bonchev–Trinajstić information content (AvgIpc) is 3.81. The molecule has 4 atom stereocenters. The molecule has 2 aromatic carbocycles. The molecule has 0 spiro atoms. The Balaban J connectivity index is 1.14. The fraction of sp³-hybridized carbons (Fsp3) is 0.528. The number of carboxylic acid groups (broad SMARTS) is 1. The molecule has 3 heterocycles. The van der Waals surface area contributed by atoms with Crippen molar-refractivity contribution in [1.29, 1.82) is 0 Å². The lowest BCUT2D eigenvalue weighted by Gasteiger charge is -2.30. The first-order valence-corrected chi connectivity index (χ1v) is 17.6. The summed E-state index contributed by atoms with van der Waals surface area (Å²) in [6.45, 7) is 2.31. The van der Waals surface area contributed by atoms with E-state index in [1.165, 1.54) is 0 Å². The molecule has 1 aromatic heterocycles. The highest BCUT2D eigenvalue weighted by atomic mass is 35.5. The highest BCUT2D eigenvalue weighted by molar-refractivity contribution is 6.36. The number of carbonyl (C=O) groups excluding carboxylic acids is 2. The molecule has 49 heavy (non-hydrogen) atoms. The number of rotatable bonds is 11. The molecule has 6 rings (SSSR count). The first-order valence-electron chi connectivity index (χ1n) is 16.8. The van der Waals surface area contributed by atoms with E-state index in [0.717, 1.165) is 17.3 Å². The quantitative estimate of drug-likeness (QED) is 0.276. The van der Waals surface area contributed by atoms with Gasteiger partial charge in [-0.2, -0.15) is 0 Å². The third-order valence-corrected chi connectivity index (χ3v) is 11.2. The third kappa shape index (κ3) is 7.77. The van der Waals surface area contributed by atoms with E-state index in [1.54, 1.807) is 32.5 Å². The van der Waals surface area contributed by atoms with Crippen LogP contribution in [0.1, 0.15) is 48.0 Å². The SMILES string of the molecule is COC1CN([C@H]2C[C@@H](COC3CCC(C(=O)O)CC3)N(C(=O)Cc3cc(Cl)c(NC(=O)c4cn(C)c5ccccc45)cc3Cl)C2)C[C@H]1OC. The van der Waals surface area contributed by atoms with Crippen molar-refractivity contribution < 1.29 is 33.7 Å². The number of carboxylic acids is 1. The molecule has 13 heteroatoms. The molecule has 2 saturated heterocycles. The first kappa shape index (κ1) is 35.6. The van der Waals surface area contributed by atoms with Crippen LogP contribution in [-0.4, -0.2) is 108 Å². The van der Waals surface area contributed by atoms with Crippen LogP contribution in [0.2, 0.25) is 10.0 Å². The molecule has 2 N–H and O–H groups in total. The van der Waals surface area contributed by atoms with Crippen LogP contribution in [0.4, 0.5) is 5.69 Å². The van der Waals surface area contributed by atoms with Crippen LogP contribution in [0.3, 0.4) is 0 Å². The Morgan fingerprint density at radius 1 is 0.959 bits per heavy atom. The monoisotopic (exact) mass is 714 g/mol. The van der Waals surface area contributed by atoms with Gasteiger partial charge in [0.25, 0.3) is 5.91 Å². The van der Waals surface area contributed by atoms with E-state index in [0.29, 0.717) is 73.8 Å². The maximum Gasteiger partial charge on any atom is 0.306 e. The van der Waals surface area contributed by atoms with E-state index in [4.69, 9.17) is 37.4 Å². The summed E-state index contributed by atoms with van der Waals surface area (Å²) in [7, 11) is 5.27. The molecule has 11 nitrogen and oxygen atoms in total. The maximum atomic E-state index is 14.0. The third-order valence-electron chi connectivity index (χ3n) is 10.5. The lowest BCUT2D eigenvalue weighted by Crippen LogP contribution is -2.41. The van der Waals surface area contributed by atoms with E-state index < -0.39 is 5.97 Å². The van der Waals surface area contributed by atoms with Crippen molar-refractivity contribution in [1.82, 2.24) is 14.4 Å². The van der Waals surface area contributed by atoms with E-state index >= 15 is 0 Å². The number of likely N-dealkylation sites (tertiary alicyclic amines) is 2. The van der Waals surface area contributed by atoms with E-state index in [9.17, 15) is 19.5 Å². The second-order valence-electron chi connectivity index (χ2n) is 13.5. The summed E-state index contributed by atoms with van der Waals surface area (Å²) in [5.41, 5.74) is 2.38. The molecule has 0 radical (unpaired) electrons. The van der Waals surface area contributed by atoms with Crippen molar-refractivity contribution in [2.24, 2.45) is 13.0 Å². The van der Waals surface area contributed by atoms with Crippen molar-refractivity contribution in [2.75, 3.05) is 45.8 Å². The summed E-state index contributed by atoms with van der Waals surface area (Å²) in [6.07, 6.45) is 4.99. The van der Waals surface area contributed by atoms with Gasteiger partial charge in [-0.15, -0.1) is 0 Å².